The molecule has 1 saturated carbocycles. The number of quaternary nitrogens is 1. The third-order valence-corrected chi connectivity index (χ3v) is 5.41. The summed E-state index contributed by atoms with van der Waals surface area (Å²) in [5.74, 6) is 0.495. The van der Waals surface area contributed by atoms with E-state index in [1.54, 1.807) is 18.2 Å². The van der Waals surface area contributed by atoms with Gasteiger partial charge in [0.1, 0.15) is 12.6 Å². The van der Waals surface area contributed by atoms with Crippen molar-refractivity contribution in [2.24, 2.45) is 0 Å². The summed E-state index contributed by atoms with van der Waals surface area (Å²) in [6.45, 7) is 7.22. The standard InChI is InChI=1S/C23H27N3O/c1-16(2)19-10-8-18(9-11-19)15-26(21-12-13-21)17(3)23(27)25-22-7-5-4-6-20(22)14-24/h4-11,16-17,21H,12-13,15H2,1-3H3,(H,25,27)/p+1/t17-/m0/s1. The molecule has 0 aromatic heterocycles. The second-order valence-electron chi connectivity index (χ2n) is 7.79. The summed E-state index contributed by atoms with van der Waals surface area (Å²) >= 11 is 0. The molecule has 1 unspecified atom stereocenters. The number of benzene rings is 2. The molecule has 1 aliphatic rings. The van der Waals surface area contributed by atoms with E-state index in [0.717, 1.165) is 6.54 Å². The molecule has 1 amide bonds. The van der Waals surface area contributed by atoms with Crippen molar-refractivity contribution in [2.45, 2.75) is 58.2 Å². The fourth-order valence-electron chi connectivity index (χ4n) is 3.46. The van der Waals surface area contributed by atoms with Crippen LogP contribution in [0.15, 0.2) is 48.5 Å². The van der Waals surface area contributed by atoms with Crippen LogP contribution in [0.2, 0.25) is 0 Å². The molecule has 0 heterocycles. The Morgan fingerprint density at radius 1 is 1.15 bits per heavy atom. The van der Waals surface area contributed by atoms with Gasteiger partial charge in [-0.1, -0.05) is 50.2 Å². The number of para-hydroxylation sites is 1. The van der Waals surface area contributed by atoms with Crippen molar-refractivity contribution >= 4 is 11.6 Å². The smallest absolute Gasteiger partial charge is 0.282 e. The molecule has 3 rings (SSSR count). The molecule has 2 atom stereocenters. The minimum Gasteiger partial charge on any atom is -0.320 e. The predicted molar refractivity (Wildman–Crippen MR) is 107 cm³/mol. The van der Waals surface area contributed by atoms with Crippen molar-refractivity contribution in [1.29, 1.82) is 5.26 Å². The van der Waals surface area contributed by atoms with Crippen molar-refractivity contribution in [3.05, 3.63) is 65.2 Å². The highest BCUT2D eigenvalue weighted by atomic mass is 16.2. The topological polar surface area (TPSA) is 57.3 Å². The van der Waals surface area contributed by atoms with Crippen molar-refractivity contribution in [3.8, 4) is 6.07 Å². The van der Waals surface area contributed by atoms with Crippen LogP contribution < -0.4 is 10.2 Å². The highest BCUT2D eigenvalue weighted by Gasteiger charge is 2.39. The molecular weight excluding hydrogens is 334 g/mol. The molecule has 0 radical (unpaired) electrons. The second kappa shape index (κ2) is 8.37. The Morgan fingerprint density at radius 2 is 1.81 bits per heavy atom. The summed E-state index contributed by atoms with van der Waals surface area (Å²) in [5, 5.41) is 12.2. The highest BCUT2D eigenvalue weighted by molar-refractivity contribution is 5.94. The monoisotopic (exact) mass is 362 g/mol. The van der Waals surface area contributed by atoms with E-state index in [0.29, 0.717) is 23.2 Å². The first kappa shape index (κ1) is 19.1. The van der Waals surface area contributed by atoms with Crippen molar-refractivity contribution in [2.75, 3.05) is 5.32 Å². The Morgan fingerprint density at radius 3 is 2.41 bits per heavy atom. The van der Waals surface area contributed by atoms with Crippen LogP contribution in [0, 0.1) is 11.3 Å². The van der Waals surface area contributed by atoms with Gasteiger partial charge < -0.3 is 10.2 Å². The van der Waals surface area contributed by atoms with Gasteiger partial charge in [-0.15, -0.1) is 0 Å². The van der Waals surface area contributed by atoms with E-state index in [9.17, 15) is 10.1 Å². The van der Waals surface area contributed by atoms with Crippen LogP contribution in [0.25, 0.3) is 0 Å². The molecule has 4 heteroatoms. The number of anilines is 1. The molecule has 0 spiro atoms. The lowest BCUT2D eigenvalue weighted by Gasteiger charge is -2.25. The van der Waals surface area contributed by atoms with Gasteiger partial charge in [-0.3, -0.25) is 4.79 Å². The number of hydrogen-bond donors (Lipinski definition) is 2. The Labute approximate surface area is 161 Å². The third kappa shape index (κ3) is 4.75. The quantitative estimate of drug-likeness (QED) is 0.794. The number of carbonyl (C=O) groups excluding carboxylic acids is 1. The maximum atomic E-state index is 12.8. The van der Waals surface area contributed by atoms with Crippen molar-refractivity contribution < 1.29 is 9.69 Å². The van der Waals surface area contributed by atoms with Gasteiger partial charge in [-0.25, -0.2) is 0 Å². The fraction of sp³-hybridized carbons (Fsp3) is 0.391. The van der Waals surface area contributed by atoms with Gasteiger partial charge in [0.15, 0.2) is 6.04 Å². The average Bonchev–Trinajstić information content (AvgIpc) is 3.51. The van der Waals surface area contributed by atoms with Crippen LogP contribution in [-0.2, 0) is 11.3 Å². The lowest BCUT2D eigenvalue weighted by atomic mass is 10.0. The molecule has 0 saturated heterocycles. The third-order valence-electron chi connectivity index (χ3n) is 5.41. The molecule has 2 aromatic rings. The summed E-state index contributed by atoms with van der Waals surface area (Å²) in [7, 11) is 0. The minimum atomic E-state index is -0.172. The van der Waals surface area contributed by atoms with Crippen LogP contribution in [-0.4, -0.2) is 18.0 Å². The minimum absolute atomic E-state index is 0.0293. The molecule has 140 valence electrons. The van der Waals surface area contributed by atoms with E-state index < -0.39 is 0 Å². The molecule has 0 bridgehead atoms. The lowest BCUT2D eigenvalue weighted by Crippen LogP contribution is -3.16. The number of carbonyl (C=O) groups is 1. The number of amides is 1. The van der Waals surface area contributed by atoms with Gasteiger partial charge in [-0.2, -0.15) is 5.26 Å². The molecule has 2 N–H and O–H groups in total. The Kier molecular flexibility index (Phi) is 5.93. The van der Waals surface area contributed by atoms with Gasteiger partial charge in [0.2, 0.25) is 0 Å². The van der Waals surface area contributed by atoms with E-state index in [4.69, 9.17) is 0 Å². The number of rotatable bonds is 7. The Balaban J connectivity index is 1.70. The molecule has 1 aliphatic carbocycles. The average molecular weight is 362 g/mol. The summed E-state index contributed by atoms with van der Waals surface area (Å²) in [5.41, 5.74) is 3.69. The van der Waals surface area contributed by atoms with Crippen molar-refractivity contribution in [3.63, 3.8) is 0 Å². The number of nitriles is 1. The van der Waals surface area contributed by atoms with E-state index in [1.165, 1.54) is 28.9 Å². The van der Waals surface area contributed by atoms with Crippen LogP contribution >= 0.6 is 0 Å². The Bertz CT molecular complexity index is 831. The van der Waals surface area contributed by atoms with Crippen molar-refractivity contribution in [1.82, 2.24) is 0 Å². The molecule has 2 aromatic carbocycles. The fourth-order valence-corrected chi connectivity index (χ4v) is 3.46. The summed E-state index contributed by atoms with van der Waals surface area (Å²) in [6.07, 6.45) is 2.34. The zero-order chi connectivity index (χ0) is 19.4. The first-order valence-electron chi connectivity index (χ1n) is 9.74. The van der Waals surface area contributed by atoms with Crippen LogP contribution in [0.3, 0.4) is 0 Å². The summed E-state index contributed by atoms with van der Waals surface area (Å²) < 4.78 is 0. The zero-order valence-electron chi connectivity index (χ0n) is 16.3. The van der Waals surface area contributed by atoms with Gasteiger partial charge in [0, 0.05) is 18.4 Å². The van der Waals surface area contributed by atoms with E-state index >= 15 is 0 Å². The molecular formula is C23H28N3O+. The maximum absolute atomic E-state index is 12.8. The second-order valence-corrected chi connectivity index (χ2v) is 7.79. The Hall–Kier alpha value is -2.64. The predicted octanol–water partition coefficient (Wildman–Crippen LogP) is 3.26. The largest absolute Gasteiger partial charge is 0.320 e. The molecule has 27 heavy (non-hydrogen) atoms. The first-order valence-corrected chi connectivity index (χ1v) is 9.74. The summed E-state index contributed by atoms with van der Waals surface area (Å²) in [4.78, 5) is 14.2. The highest BCUT2D eigenvalue weighted by Crippen LogP contribution is 2.19. The lowest BCUT2D eigenvalue weighted by molar-refractivity contribution is -0.938. The maximum Gasteiger partial charge on any atom is 0.282 e. The number of hydrogen-bond acceptors (Lipinski definition) is 2. The van der Waals surface area contributed by atoms with Crippen LogP contribution in [0.1, 0.15) is 56.2 Å². The zero-order valence-corrected chi connectivity index (χ0v) is 16.3. The van der Waals surface area contributed by atoms with Crippen LogP contribution in [0.5, 0.6) is 0 Å². The number of nitrogens with one attached hydrogen (secondary N) is 2. The van der Waals surface area contributed by atoms with Gasteiger partial charge in [0.05, 0.1) is 17.3 Å². The number of nitrogens with zero attached hydrogens (tertiary/aromatic N) is 1. The molecule has 0 aliphatic heterocycles. The molecule has 1 fully saturated rings. The van der Waals surface area contributed by atoms with Crippen LogP contribution in [0.4, 0.5) is 5.69 Å². The SMILES string of the molecule is CC(C)c1ccc(C[NH+](C2CC2)[C@@H](C)C(=O)Nc2ccccc2C#N)cc1. The van der Waals surface area contributed by atoms with E-state index in [1.807, 2.05) is 13.0 Å². The molecule has 4 nitrogen and oxygen atoms in total. The summed E-state index contributed by atoms with van der Waals surface area (Å²) in [6, 6.07) is 18.4. The van der Waals surface area contributed by atoms with Gasteiger partial charge >= 0.3 is 0 Å². The van der Waals surface area contributed by atoms with Gasteiger partial charge in [-0.05, 0) is 30.5 Å². The van der Waals surface area contributed by atoms with Gasteiger partial charge in [0.25, 0.3) is 5.91 Å². The first-order chi connectivity index (χ1) is 13.0. The normalized spacial score (nSPS) is 15.8. The van der Waals surface area contributed by atoms with E-state index in [2.05, 4.69) is 49.5 Å². The van der Waals surface area contributed by atoms with E-state index in [-0.39, 0.29) is 11.9 Å².